The van der Waals surface area contributed by atoms with Gasteiger partial charge in [-0.25, -0.2) is 9.37 Å². The number of amides is 2. The number of ether oxygens (including phenoxy) is 2. The zero-order valence-corrected chi connectivity index (χ0v) is 19.6. The molecule has 4 heterocycles. The van der Waals surface area contributed by atoms with Gasteiger partial charge in [-0.1, -0.05) is 0 Å². The van der Waals surface area contributed by atoms with Gasteiger partial charge in [-0.05, 0) is 31.0 Å². The van der Waals surface area contributed by atoms with E-state index in [0.717, 1.165) is 12.1 Å². The summed E-state index contributed by atoms with van der Waals surface area (Å²) in [7, 11) is 1.40. The van der Waals surface area contributed by atoms with Gasteiger partial charge in [0, 0.05) is 31.8 Å². The third-order valence-electron chi connectivity index (χ3n) is 6.95. The monoisotopic (exact) mass is 508 g/mol. The van der Waals surface area contributed by atoms with E-state index in [4.69, 9.17) is 9.47 Å². The molecule has 4 aliphatic rings. The number of fused-ring (bicyclic) bond motifs is 1. The van der Waals surface area contributed by atoms with Gasteiger partial charge in [-0.3, -0.25) is 9.59 Å². The Morgan fingerprint density at radius 1 is 1.19 bits per heavy atom. The highest BCUT2D eigenvalue weighted by molar-refractivity contribution is 6.02. The van der Waals surface area contributed by atoms with Crippen molar-refractivity contribution in [2.24, 2.45) is 0 Å². The van der Waals surface area contributed by atoms with Crippen LogP contribution in [-0.2, 0) is 11.0 Å². The molecule has 0 atom stereocenters. The smallest absolute Gasteiger partial charge is 0.416 e. The Bertz CT molecular complexity index is 1210. The predicted molar refractivity (Wildman–Crippen MR) is 119 cm³/mol. The first-order chi connectivity index (χ1) is 17.0. The van der Waals surface area contributed by atoms with Gasteiger partial charge in [0.05, 0.1) is 37.0 Å². The second-order valence-electron chi connectivity index (χ2n) is 9.48. The minimum atomic E-state index is -4.69. The van der Waals surface area contributed by atoms with Crippen LogP contribution in [-0.4, -0.2) is 66.1 Å². The van der Waals surface area contributed by atoms with Gasteiger partial charge in [0.1, 0.15) is 23.2 Å². The predicted octanol–water partition coefficient (Wildman–Crippen LogP) is 3.01. The molecule has 0 spiro atoms. The van der Waals surface area contributed by atoms with Crippen molar-refractivity contribution in [3.8, 4) is 11.6 Å². The molecule has 1 N–H and O–H groups in total. The number of pyridine rings is 1. The number of carbonyl (C=O) groups excluding carboxylic acids is 2. The second kappa shape index (κ2) is 8.52. The van der Waals surface area contributed by atoms with E-state index in [0.29, 0.717) is 31.1 Å². The fourth-order valence-electron chi connectivity index (χ4n) is 5.22. The fraction of sp³-hybridized carbons (Fsp3) is 0.458. The maximum Gasteiger partial charge on any atom is 0.416 e. The standard InChI is InChI=1S/C24H24F4N4O4/c1-13(33)32-12-23(8-16(32)9-23)30-21(34)20-19(3-4-29-22(20)35-2)31-10-18(11-31)36-17-6-14(24(26,27)28)5-15(25)7-17/h3-7,16,18H,8-12H2,1-2H3,(H,30,34). The van der Waals surface area contributed by atoms with Crippen LogP contribution < -0.4 is 19.7 Å². The summed E-state index contributed by atoms with van der Waals surface area (Å²) in [4.78, 5) is 32.9. The molecule has 36 heavy (non-hydrogen) atoms. The van der Waals surface area contributed by atoms with E-state index in [1.807, 2.05) is 4.90 Å². The Hall–Kier alpha value is -3.57. The first kappa shape index (κ1) is 24.1. The van der Waals surface area contributed by atoms with E-state index in [1.165, 1.54) is 20.2 Å². The molecule has 192 valence electrons. The highest BCUT2D eigenvalue weighted by Gasteiger charge is 2.57. The molecule has 1 aromatic carbocycles. The first-order valence-corrected chi connectivity index (χ1v) is 11.4. The lowest BCUT2D eigenvalue weighted by Gasteiger charge is -2.42. The number of hydrogen-bond acceptors (Lipinski definition) is 6. The summed E-state index contributed by atoms with van der Waals surface area (Å²) in [5.41, 5.74) is -0.857. The van der Waals surface area contributed by atoms with Gasteiger partial charge in [0.25, 0.3) is 5.91 Å². The number of methoxy groups -OCH3 is 1. The molecule has 2 amide bonds. The maximum atomic E-state index is 13.7. The summed E-state index contributed by atoms with van der Waals surface area (Å²) in [6.45, 7) is 2.48. The molecular formula is C24H24F4N4O4. The summed E-state index contributed by atoms with van der Waals surface area (Å²) in [5, 5.41) is 3.06. The third kappa shape index (κ3) is 4.28. The van der Waals surface area contributed by atoms with E-state index >= 15 is 0 Å². The third-order valence-corrected chi connectivity index (χ3v) is 6.95. The number of aromatic nitrogens is 1. The number of anilines is 1. The van der Waals surface area contributed by atoms with Crippen molar-refractivity contribution < 1.29 is 36.6 Å². The molecule has 4 fully saturated rings. The van der Waals surface area contributed by atoms with Crippen LogP contribution in [0.5, 0.6) is 11.6 Å². The highest BCUT2D eigenvalue weighted by atomic mass is 19.4. The average Bonchev–Trinajstić information content (AvgIpc) is 3.30. The van der Waals surface area contributed by atoms with Crippen LogP contribution in [0.4, 0.5) is 23.2 Å². The molecule has 1 aliphatic carbocycles. The molecule has 1 saturated carbocycles. The Balaban J connectivity index is 1.29. The van der Waals surface area contributed by atoms with Crippen molar-refractivity contribution in [3.63, 3.8) is 0 Å². The minimum absolute atomic E-state index is 0.0273. The van der Waals surface area contributed by atoms with Crippen LogP contribution in [0.15, 0.2) is 30.5 Å². The molecule has 6 rings (SSSR count). The number of benzene rings is 1. The van der Waals surface area contributed by atoms with Crippen LogP contribution in [0.25, 0.3) is 0 Å². The van der Waals surface area contributed by atoms with Gasteiger partial charge >= 0.3 is 6.18 Å². The molecule has 12 heteroatoms. The minimum Gasteiger partial charge on any atom is -0.487 e. The first-order valence-electron chi connectivity index (χ1n) is 11.4. The van der Waals surface area contributed by atoms with Gasteiger partial charge in [-0.2, -0.15) is 13.2 Å². The van der Waals surface area contributed by atoms with Gasteiger partial charge < -0.3 is 24.6 Å². The number of alkyl halides is 3. The molecule has 2 bridgehead atoms. The summed E-state index contributed by atoms with van der Waals surface area (Å²) in [6, 6.07) is 3.86. The van der Waals surface area contributed by atoms with Crippen LogP contribution >= 0.6 is 0 Å². The Morgan fingerprint density at radius 2 is 1.92 bits per heavy atom. The Kier molecular flexibility index (Phi) is 5.72. The van der Waals surface area contributed by atoms with E-state index in [-0.39, 0.29) is 48.1 Å². The number of halogens is 4. The Morgan fingerprint density at radius 3 is 2.53 bits per heavy atom. The normalized spacial score (nSPS) is 23.1. The number of nitrogens with one attached hydrogen (secondary N) is 1. The molecule has 3 aliphatic heterocycles. The molecular weight excluding hydrogens is 484 g/mol. The lowest BCUT2D eigenvalue weighted by Crippen LogP contribution is -2.56. The highest BCUT2D eigenvalue weighted by Crippen LogP contribution is 2.45. The lowest BCUT2D eigenvalue weighted by atomic mass is 9.78. The van der Waals surface area contributed by atoms with Crippen LogP contribution in [0.3, 0.4) is 0 Å². The van der Waals surface area contributed by atoms with Crippen molar-refractivity contribution in [2.45, 2.75) is 43.6 Å². The van der Waals surface area contributed by atoms with Crippen molar-refractivity contribution in [2.75, 3.05) is 31.6 Å². The van der Waals surface area contributed by atoms with Gasteiger partial charge in [0.15, 0.2) is 0 Å². The molecule has 2 aromatic rings. The van der Waals surface area contributed by atoms with E-state index in [9.17, 15) is 27.2 Å². The number of hydrogen-bond donors (Lipinski definition) is 1. The van der Waals surface area contributed by atoms with Crippen molar-refractivity contribution in [1.82, 2.24) is 15.2 Å². The van der Waals surface area contributed by atoms with Gasteiger partial charge in [-0.15, -0.1) is 0 Å². The van der Waals surface area contributed by atoms with Crippen LogP contribution in [0, 0.1) is 5.82 Å². The van der Waals surface area contributed by atoms with Gasteiger partial charge in [0.2, 0.25) is 11.8 Å². The largest absolute Gasteiger partial charge is 0.487 e. The van der Waals surface area contributed by atoms with Crippen LogP contribution in [0.1, 0.15) is 35.7 Å². The van der Waals surface area contributed by atoms with E-state index in [2.05, 4.69) is 10.3 Å². The fourth-order valence-corrected chi connectivity index (χ4v) is 5.22. The molecule has 1 aromatic heterocycles. The molecule has 8 nitrogen and oxygen atoms in total. The molecule has 3 saturated heterocycles. The molecule has 0 unspecified atom stereocenters. The summed E-state index contributed by atoms with van der Waals surface area (Å²) in [5.74, 6) is -1.54. The summed E-state index contributed by atoms with van der Waals surface area (Å²) < 4.78 is 63.6. The SMILES string of the molecule is COc1nccc(N2CC(Oc3cc(F)cc(C(F)(F)F)c3)C2)c1C(=O)NC12CC(C1)N(C(C)=O)C2. The quantitative estimate of drug-likeness (QED) is 0.605. The second-order valence-corrected chi connectivity index (χ2v) is 9.48. The van der Waals surface area contributed by atoms with E-state index in [1.54, 1.807) is 11.0 Å². The van der Waals surface area contributed by atoms with Crippen molar-refractivity contribution >= 4 is 17.5 Å². The van der Waals surface area contributed by atoms with Crippen molar-refractivity contribution in [3.05, 3.63) is 47.4 Å². The Labute approximate surface area is 204 Å². The maximum absolute atomic E-state index is 13.7. The lowest BCUT2D eigenvalue weighted by molar-refractivity contribution is -0.138. The molecule has 0 radical (unpaired) electrons. The van der Waals surface area contributed by atoms with E-state index < -0.39 is 29.2 Å². The number of nitrogens with zero attached hydrogens (tertiary/aromatic N) is 3. The number of rotatable bonds is 6. The number of carbonyl (C=O) groups is 2. The topological polar surface area (TPSA) is 84.0 Å². The zero-order valence-electron chi connectivity index (χ0n) is 19.6. The zero-order chi connectivity index (χ0) is 25.8. The average molecular weight is 508 g/mol. The van der Waals surface area contributed by atoms with Crippen LogP contribution in [0.2, 0.25) is 0 Å². The summed E-state index contributed by atoms with van der Waals surface area (Å²) >= 11 is 0. The van der Waals surface area contributed by atoms with Crippen molar-refractivity contribution in [1.29, 1.82) is 0 Å². The summed E-state index contributed by atoms with van der Waals surface area (Å²) in [6.07, 6.45) is -2.34.